The van der Waals surface area contributed by atoms with Crippen molar-refractivity contribution < 1.29 is 14.3 Å². The average molecular weight is 286 g/mol. The second kappa shape index (κ2) is 4.27. The number of aromatic nitrogens is 2. The monoisotopic (exact) mass is 286 g/mol. The zero-order chi connectivity index (χ0) is 15.3. The molecule has 21 heavy (non-hydrogen) atoms. The van der Waals surface area contributed by atoms with Gasteiger partial charge >= 0.3 is 11.6 Å². The van der Waals surface area contributed by atoms with Crippen LogP contribution in [0.4, 0.5) is 0 Å². The predicted octanol–water partition coefficient (Wildman–Crippen LogP) is 1.05. The van der Waals surface area contributed by atoms with E-state index in [0.29, 0.717) is 11.0 Å². The van der Waals surface area contributed by atoms with Gasteiger partial charge in [-0.3, -0.25) is 4.79 Å². The molecule has 7 heteroatoms. The summed E-state index contributed by atoms with van der Waals surface area (Å²) in [5.74, 6) is -1.09. The lowest BCUT2D eigenvalue weighted by Crippen LogP contribution is -2.18. The van der Waals surface area contributed by atoms with Gasteiger partial charge in [-0.05, 0) is 12.1 Å². The van der Waals surface area contributed by atoms with Crippen LogP contribution in [0.3, 0.4) is 0 Å². The first-order valence-electron chi connectivity index (χ1n) is 6.06. The molecule has 3 rings (SSSR count). The van der Waals surface area contributed by atoms with Crippen LogP contribution in [0.2, 0.25) is 0 Å². The molecule has 0 unspecified atom stereocenters. The summed E-state index contributed by atoms with van der Waals surface area (Å²) in [5, 5.41) is 9.34. The third-order valence-electron chi connectivity index (χ3n) is 3.27. The Morgan fingerprint density at radius 2 is 2.00 bits per heavy atom. The first kappa shape index (κ1) is 13.0. The van der Waals surface area contributed by atoms with Crippen LogP contribution in [0, 0.1) is 6.92 Å². The fraction of sp³-hybridized carbons (Fsp3) is 0.143. The summed E-state index contributed by atoms with van der Waals surface area (Å²) in [5.41, 5.74) is -0.710. The van der Waals surface area contributed by atoms with Crippen molar-refractivity contribution in [2.75, 3.05) is 0 Å². The molecule has 0 saturated heterocycles. The molecule has 1 N–H and O–H groups in total. The lowest BCUT2D eigenvalue weighted by atomic mass is 10.1. The molecule has 3 aromatic rings. The number of rotatable bonds is 1. The first-order chi connectivity index (χ1) is 9.88. The zero-order valence-electron chi connectivity index (χ0n) is 11.2. The van der Waals surface area contributed by atoms with Gasteiger partial charge in [0, 0.05) is 25.6 Å². The molecule has 0 saturated carbocycles. The van der Waals surface area contributed by atoms with Crippen LogP contribution in [-0.2, 0) is 7.05 Å². The number of carbonyl (C=O) groups is 1. The maximum Gasteiger partial charge on any atom is 0.346 e. The van der Waals surface area contributed by atoms with Gasteiger partial charge in [0.1, 0.15) is 5.56 Å². The number of benzene rings is 1. The summed E-state index contributed by atoms with van der Waals surface area (Å²) in [6.45, 7) is 1.55. The van der Waals surface area contributed by atoms with Gasteiger partial charge in [0.15, 0.2) is 5.89 Å². The number of carboxylic acids is 1. The fourth-order valence-electron chi connectivity index (χ4n) is 2.31. The van der Waals surface area contributed by atoms with E-state index in [1.54, 1.807) is 20.0 Å². The van der Waals surface area contributed by atoms with Crippen molar-refractivity contribution in [2.45, 2.75) is 6.92 Å². The van der Waals surface area contributed by atoms with Crippen LogP contribution >= 0.6 is 0 Å². The third kappa shape index (κ3) is 1.90. The highest BCUT2D eigenvalue weighted by Gasteiger charge is 2.15. The largest absolute Gasteiger partial charge is 0.477 e. The van der Waals surface area contributed by atoms with Crippen molar-refractivity contribution >= 4 is 27.8 Å². The molecule has 1 aromatic carbocycles. The van der Waals surface area contributed by atoms with Crippen molar-refractivity contribution in [3.8, 4) is 0 Å². The lowest BCUT2D eigenvalue weighted by Gasteiger charge is -2.08. The maximum atomic E-state index is 12.2. The van der Waals surface area contributed by atoms with Gasteiger partial charge in [-0.25, -0.2) is 14.6 Å². The Labute approximate surface area is 117 Å². The Morgan fingerprint density at radius 3 is 2.67 bits per heavy atom. The molecule has 0 aliphatic carbocycles. The SMILES string of the molecule is Cc1nc2cc3c(cc2c(=O)o1)c(=O)c(C(=O)O)cn3C. The van der Waals surface area contributed by atoms with Crippen LogP contribution < -0.4 is 11.1 Å². The number of aryl methyl sites for hydroxylation is 2. The Bertz CT molecular complexity index is 1030. The molecule has 0 aliphatic rings. The van der Waals surface area contributed by atoms with E-state index in [-0.39, 0.29) is 22.2 Å². The van der Waals surface area contributed by atoms with Crippen LogP contribution in [0.5, 0.6) is 0 Å². The first-order valence-corrected chi connectivity index (χ1v) is 6.06. The molecule has 2 heterocycles. The van der Waals surface area contributed by atoms with Gasteiger partial charge in [-0.15, -0.1) is 0 Å². The Morgan fingerprint density at radius 1 is 1.29 bits per heavy atom. The standard InChI is InChI=1S/C14H10N2O5/c1-6-15-10-4-11-8(3-7(10)14(20)21-6)12(17)9(13(18)19)5-16(11)2/h3-5H,1-2H3,(H,18,19). The summed E-state index contributed by atoms with van der Waals surface area (Å²) in [6.07, 6.45) is 1.25. The lowest BCUT2D eigenvalue weighted by molar-refractivity contribution is 0.0695. The normalized spacial score (nSPS) is 11.1. The Kier molecular flexibility index (Phi) is 2.65. The number of fused-ring (bicyclic) bond motifs is 2. The zero-order valence-corrected chi connectivity index (χ0v) is 11.2. The van der Waals surface area contributed by atoms with Gasteiger partial charge < -0.3 is 14.1 Å². The molecular weight excluding hydrogens is 276 g/mol. The van der Waals surface area contributed by atoms with E-state index in [9.17, 15) is 14.4 Å². The number of pyridine rings is 1. The molecule has 0 radical (unpaired) electrons. The summed E-state index contributed by atoms with van der Waals surface area (Å²) < 4.78 is 6.41. The van der Waals surface area contributed by atoms with Gasteiger partial charge in [0.05, 0.1) is 16.4 Å². The quantitative estimate of drug-likeness (QED) is 0.671. The van der Waals surface area contributed by atoms with Crippen LogP contribution in [0.1, 0.15) is 16.2 Å². The van der Waals surface area contributed by atoms with Crippen molar-refractivity contribution in [1.29, 1.82) is 0 Å². The highest BCUT2D eigenvalue weighted by atomic mass is 16.4. The molecule has 0 bridgehead atoms. The van der Waals surface area contributed by atoms with Crippen molar-refractivity contribution in [3.63, 3.8) is 0 Å². The maximum absolute atomic E-state index is 12.2. The number of hydrogen-bond acceptors (Lipinski definition) is 5. The molecule has 2 aromatic heterocycles. The summed E-state index contributed by atoms with van der Waals surface area (Å²) in [4.78, 5) is 39.2. The van der Waals surface area contributed by atoms with E-state index in [1.165, 1.54) is 16.8 Å². The molecule has 0 spiro atoms. The Balaban J connectivity index is 2.58. The van der Waals surface area contributed by atoms with Crippen molar-refractivity contribution in [3.05, 3.63) is 50.4 Å². The van der Waals surface area contributed by atoms with E-state index < -0.39 is 17.0 Å². The summed E-state index contributed by atoms with van der Waals surface area (Å²) in [7, 11) is 1.62. The third-order valence-corrected chi connectivity index (χ3v) is 3.27. The second-order valence-corrected chi connectivity index (χ2v) is 4.69. The van der Waals surface area contributed by atoms with E-state index in [4.69, 9.17) is 9.52 Å². The van der Waals surface area contributed by atoms with E-state index >= 15 is 0 Å². The van der Waals surface area contributed by atoms with E-state index in [1.807, 2.05) is 0 Å². The minimum Gasteiger partial charge on any atom is -0.477 e. The molecule has 0 fully saturated rings. The van der Waals surface area contributed by atoms with Crippen LogP contribution in [0.15, 0.2) is 32.3 Å². The molecule has 106 valence electrons. The number of carboxylic acid groups (broad SMARTS) is 1. The topological polar surface area (TPSA) is 102 Å². The van der Waals surface area contributed by atoms with Gasteiger partial charge in [0.25, 0.3) is 0 Å². The molecule has 0 aliphatic heterocycles. The highest BCUT2D eigenvalue weighted by Crippen LogP contribution is 2.17. The highest BCUT2D eigenvalue weighted by molar-refractivity contribution is 5.98. The van der Waals surface area contributed by atoms with E-state index in [0.717, 1.165) is 0 Å². The molecule has 0 amide bonds. The smallest absolute Gasteiger partial charge is 0.346 e. The van der Waals surface area contributed by atoms with Crippen LogP contribution in [0.25, 0.3) is 21.8 Å². The molecule has 7 nitrogen and oxygen atoms in total. The van der Waals surface area contributed by atoms with Gasteiger partial charge in [-0.2, -0.15) is 0 Å². The number of aromatic carboxylic acids is 1. The fourth-order valence-corrected chi connectivity index (χ4v) is 2.31. The van der Waals surface area contributed by atoms with Crippen molar-refractivity contribution in [2.24, 2.45) is 7.05 Å². The second-order valence-electron chi connectivity index (χ2n) is 4.69. The predicted molar refractivity (Wildman–Crippen MR) is 74.7 cm³/mol. The molecule has 0 atom stereocenters. The number of nitrogens with zero attached hydrogens (tertiary/aromatic N) is 2. The molecular formula is C14H10N2O5. The van der Waals surface area contributed by atoms with Crippen molar-refractivity contribution in [1.82, 2.24) is 9.55 Å². The summed E-state index contributed by atoms with van der Waals surface area (Å²) >= 11 is 0. The van der Waals surface area contributed by atoms with Crippen LogP contribution in [-0.4, -0.2) is 20.6 Å². The van der Waals surface area contributed by atoms with E-state index in [2.05, 4.69) is 4.98 Å². The Hall–Kier alpha value is -2.96. The summed E-state index contributed by atoms with van der Waals surface area (Å²) in [6, 6.07) is 2.90. The number of hydrogen-bond donors (Lipinski definition) is 1. The average Bonchev–Trinajstić information content (AvgIpc) is 2.41. The minimum atomic E-state index is -1.31. The minimum absolute atomic E-state index is 0.142. The van der Waals surface area contributed by atoms with Gasteiger partial charge in [-0.1, -0.05) is 0 Å². The van der Waals surface area contributed by atoms with Gasteiger partial charge in [0.2, 0.25) is 5.43 Å².